The van der Waals surface area contributed by atoms with E-state index in [1.54, 1.807) is 0 Å². The number of fused-ring (bicyclic) bond motifs is 1. The van der Waals surface area contributed by atoms with Gasteiger partial charge in [0.25, 0.3) is 5.91 Å². The smallest absolute Gasteiger partial charge is 0.277 e. The zero-order valence-corrected chi connectivity index (χ0v) is 17.7. The molecule has 1 aliphatic rings. The Hall–Kier alpha value is -2.89. The lowest BCUT2D eigenvalue weighted by Gasteiger charge is -2.22. The van der Waals surface area contributed by atoms with Crippen molar-refractivity contribution in [2.45, 2.75) is 65.3 Å². The summed E-state index contributed by atoms with van der Waals surface area (Å²) in [6.45, 7) is 8.16. The molecule has 2 aromatic heterocycles. The van der Waals surface area contributed by atoms with E-state index in [9.17, 15) is 4.79 Å². The SMILES string of the molecule is Cc1cc(NC(=O)c2nn(-c3ccccc3)c3c2CCCCC3)n(C(C)(C)C)n1. The maximum atomic E-state index is 13.3. The summed E-state index contributed by atoms with van der Waals surface area (Å²) in [4.78, 5) is 13.3. The van der Waals surface area contributed by atoms with Crippen LogP contribution in [0.5, 0.6) is 0 Å². The Balaban J connectivity index is 1.74. The van der Waals surface area contributed by atoms with Gasteiger partial charge in [0.05, 0.1) is 16.9 Å². The molecule has 6 heteroatoms. The number of hydrogen-bond donors (Lipinski definition) is 1. The average molecular weight is 392 g/mol. The van der Waals surface area contributed by atoms with Crippen LogP contribution in [0.15, 0.2) is 36.4 Å². The van der Waals surface area contributed by atoms with Gasteiger partial charge in [0.1, 0.15) is 5.82 Å². The first-order chi connectivity index (χ1) is 13.8. The highest BCUT2D eigenvalue weighted by Gasteiger charge is 2.27. The Labute approximate surface area is 171 Å². The molecule has 0 spiro atoms. The molecule has 1 amide bonds. The van der Waals surface area contributed by atoms with Crippen LogP contribution in [-0.4, -0.2) is 25.5 Å². The van der Waals surface area contributed by atoms with Crippen molar-refractivity contribution < 1.29 is 4.79 Å². The third-order valence-electron chi connectivity index (χ3n) is 5.35. The van der Waals surface area contributed by atoms with E-state index in [0.717, 1.165) is 42.6 Å². The topological polar surface area (TPSA) is 64.7 Å². The highest BCUT2D eigenvalue weighted by molar-refractivity contribution is 6.03. The van der Waals surface area contributed by atoms with E-state index < -0.39 is 0 Å². The standard InChI is InChI=1S/C23H29N5O/c1-16-15-20(28(25-16)23(2,3)4)24-22(29)21-18-13-9-6-10-14-19(18)27(26-21)17-11-7-5-8-12-17/h5,7-8,11-12,15H,6,9-10,13-14H2,1-4H3,(H,24,29). The number of para-hydroxylation sites is 1. The van der Waals surface area contributed by atoms with Crippen LogP contribution in [0.4, 0.5) is 5.82 Å². The molecule has 2 heterocycles. The van der Waals surface area contributed by atoms with E-state index in [-0.39, 0.29) is 11.4 Å². The van der Waals surface area contributed by atoms with Gasteiger partial charge in [-0.05, 0) is 65.5 Å². The van der Waals surface area contributed by atoms with E-state index in [4.69, 9.17) is 5.10 Å². The van der Waals surface area contributed by atoms with Crippen molar-refractivity contribution in [1.29, 1.82) is 0 Å². The minimum absolute atomic E-state index is 0.164. The zero-order valence-electron chi connectivity index (χ0n) is 17.7. The van der Waals surface area contributed by atoms with E-state index in [1.807, 2.05) is 52.7 Å². The van der Waals surface area contributed by atoms with E-state index in [1.165, 1.54) is 12.1 Å². The number of rotatable bonds is 3. The lowest BCUT2D eigenvalue weighted by molar-refractivity contribution is 0.101. The van der Waals surface area contributed by atoms with Crippen LogP contribution in [-0.2, 0) is 18.4 Å². The Morgan fingerprint density at radius 2 is 1.76 bits per heavy atom. The minimum atomic E-state index is -0.225. The molecular weight excluding hydrogens is 362 g/mol. The third-order valence-corrected chi connectivity index (χ3v) is 5.35. The Kier molecular flexibility index (Phi) is 5.03. The number of carbonyl (C=O) groups excluding carboxylic acids is 1. The predicted molar refractivity (Wildman–Crippen MR) is 115 cm³/mol. The second-order valence-corrected chi connectivity index (χ2v) is 8.79. The molecule has 0 radical (unpaired) electrons. The van der Waals surface area contributed by atoms with Crippen LogP contribution in [0, 0.1) is 6.92 Å². The fraction of sp³-hybridized carbons (Fsp3) is 0.435. The summed E-state index contributed by atoms with van der Waals surface area (Å²) in [6, 6.07) is 12.0. The van der Waals surface area contributed by atoms with Gasteiger partial charge in [-0.2, -0.15) is 10.2 Å². The first kappa shape index (κ1) is 19.4. The number of aromatic nitrogens is 4. The number of anilines is 1. The molecule has 1 N–H and O–H groups in total. The van der Waals surface area contributed by atoms with Gasteiger partial charge in [-0.3, -0.25) is 4.79 Å². The summed E-state index contributed by atoms with van der Waals surface area (Å²) < 4.78 is 3.83. The van der Waals surface area contributed by atoms with Gasteiger partial charge in [0.15, 0.2) is 5.69 Å². The van der Waals surface area contributed by atoms with Gasteiger partial charge in [-0.1, -0.05) is 24.6 Å². The first-order valence-electron chi connectivity index (χ1n) is 10.4. The number of hydrogen-bond acceptors (Lipinski definition) is 3. The monoisotopic (exact) mass is 391 g/mol. The lowest BCUT2D eigenvalue weighted by Crippen LogP contribution is -2.27. The molecule has 0 unspecified atom stereocenters. The highest BCUT2D eigenvalue weighted by atomic mass is 16.2. The number of benzene rings is 1. The number of nitrogens with zero attached hydrogens (tertiary/aromatic N) is 4. The van der Waals surface area contributed by atoms with Crippen molar-refractivity contribution in [1.82, 2.24) is 19.6 Å². The van der Waals surface area contributed by atoms with Crippen LogP contribution in [0.1, 0.15) is 67.5 Å². The van der Waals surface area contributed by atoms with Crippen molar-refractivity contribution in [2.24, 2.45) is 0 Å². The highest BCUT2D eigenvalue weighted by Crippen LogP contribution is 2.28. The van der Waals surface area contributed by atoms with Crippen molar-refractivity contribution in [3.8, 4) is 5.69 Å². The maximum Gasteiger partial charge on any atom is 0.277 e. The molecule has 0 aliphatic heterocycles. The molecule has 152 valence electrons. The van der Waals surface area contributed by atoms with Gasteiger partial charge in [0.2, 0.25) is 0 Å². The van der Waals surface area contributed by atoms with Crippen molar-refractivity contribution >= 4 is 11.7 Å². The second kappa shape index (κ2) is 7.50. The molecule has 6 nitrogen and oxygen atoms in total. The molecular formula is C23H29N5O. The fourth-order valence-electron chi connectivity index (χ4n) is 4.02. The first-order valence-corrected chi connectivity index (χ1v) is 10.4. The number of carbonyl (C=O) groups is 1. The van der Waals surface area contributed by atoms with Crippen LogP contribution in [0.2, 0.25) is 0 Å². The van der Waals surface area contributed by atoms with Gasteiger partial charge in [-0.25, -0.2) is 9.36 Å². The largest absolute Gasteiger partial charge is 0.305 e. The lowest BCUT2D eigenvalue weighted by atomic mass is 10.1. The molecule has 0 atom stereocenters. The average Bonchev–Trinajstić information content (AvgIpc) is 3.13. The molecule has 29 heavy (non-hydrogen) atoms. The van der Waals surface area contributed by atoms with Crippen molar-refractivity contribution in [2.75, 3.05) is 5.32 Å². The van der Waals surface area contributed by atoms with Crippen LogP contribution < -0.4 is 5.32 Å². The van der Waals surface area contributed by atoms with Crippen molar-refractivity contribution in [3.63, 3.8) is 0 Å². The molecule has 1 aromatic carbocycles. The quantitative estimate of drug-likeness (QED) is 0.661. The van der Waals surface area contributed by atoms with Gasteiger partial charge in [0, 0.05) is 17.3 Å². The van der Waals surface area contributed by atoms with Crippen LogP contribution in [0.25, 0.3) is 5.69 Å². The number of amides is 1. The summed E-state index contributed by atoms with van der Waals surface area (Å²) in [5.74, 6) is 0.542. The van der Waals surface area contributed by atoms with Crippen LogP contribution >= 0.6 is 0 Å². The van der Waals surface area contributed by atoms with Crippen LogP contribution in [0.3, 0.4) is 0 Å². The van der Waals surface area contributed by atoms with Crippen molar-refractivity contribution in [3.05, 3.63) is 59.0 Å². The molecule has 4 rings (SSSR count). The Morgan fingerprint density at radius 1 is 1.03 bits per heavy atom. The summed E-state index contributed by atoms with van der Waals surface area (Å²) >= 11 is 0. The Bertz CT molecular complexity index is 1020. The fourth-order valence-corrected chi connectivity index (χ4v) is 4.02. The van der Waals surface area contributed by atoms with Gasteiger partial charge < -0.3 is 5.32 Å². The molecule has 3 aromatic rings. The number of aryl methyl sites for hydroxylation is 1. The molecule has 0 bridgehead atoms. The van der Waals surface area contributed by atoms with Gasteiger partial charge >= 0.3 is 0 Å². The zero-order chi connectivity index (χ0) is 20.6. The summed E-state index contributed by atoms with van der Waals surface area (Å²) in [5.41, 5.74) is 4.44. The molecule has 0 saturated heterocycles. The predicted octanol–water partition coefficient (Wildman–Crippen LogP) is 4.65. The molecule has 0 fully saturated rings. The molecule has 1 aliphatic carbocycles. The van der Waals surface area contributed by atoms with E-state index in [2.05, 4.69) is 31.2 Å². The summed E-state index contributed by atoms with van der Waals surface area (Å²) in [5, 5.41) is 12.4. The second-order valence-electron chi connectivity index (χ2n) is 8.79. The third kappa shape index (κ3) is 3.84. The van der Waals surface area contributed by atoms with E-state index in [0.29, 0.717) is 11.5 Å². The molecule has 0 saturated carbocycles. The minimum Gasteiger partial charge on any atom is -0.305 e. The normalized spacial score (nSPS) is 14.3. The summed E-state index contributed by atoms with van der Waals surface area (Å²) in [6.07, 6.45) is 5.24. The Morgan fingerprint density at radius 3 is 2.48 bits per heavy atom. The van der Waals surface area contributed by atoms with Gasteiger partial charge in [-0.15, -0.1) is 0 Å². The summed E-state index contributed by atoms with van der Waals surface area (Å²) in [7, 11) is 0. The maximum absolute atomic E-state index is 13.3. The van der Waals surface area contributed by atoms with E-state index >= 15 is 0 Å². The number of nitrogens with one attached hydrogen (secondary N) is 1.